The van der Waals surface area contributed by atoms with Crippen LogP contribution in [0.3, 0.4) is 0 Å². The summed E-state index contributed by atoms with van der Waals surface area (Å²) in [5, 5.41) is 0.749. The first-order chi connectivity index (χ1) is 8.97. The second-order valence-electron chi connectivity index (χ2n) is 4.90. The average Bonchev–Trinajstić information content (AvgIpc) is 2.33. The summed E-state index contributed by atoms with van der Waals surface area (Å²) < 4.78 is 13.2. The quantitative estimate of drug-likeness (QED) is 0.887. The van der Waals surface area contributed by atoms with Crippen LogP contribution in [0.25, 0.3) is 0 Å². The summed E-state index contributed by atoms with van der Waals surface area (Å²) in [6.45, 7) is 3.95. The molecule has 2 aromatic rings. The lowest BCUT2D eigenvalue weighted by atomic mass is 9.94. The van der Waals surface area contributed by atoms with Crippen molar-refractivity contribution in [3.63, 3.8) is 0 Å². The third-order valence-electron chi connectivity index (χ3n) is 3.29. The molecule has 100 valence electrons. The van der Waals surface area contributed by atoms with Gasteiger partial charge in [-0.15, -0.1) is 0 Å². The van der Waals surface area contributed by atoms with E-state index in [9.17, 15) is 4.39 Å². The molecule has 0 saturated carbocycles. The molecular weight excluding hydrogens is 261 g/mol. The Hall–Kier alpha value is -1.38. The lowest BCUT2D eigenvalue weighted by Crippen LogP contribution is -2.15. The number of aryl methyl sites for hydroxylation is 2. The van der Waals surface area contributed by atoms with Crippen LogP contribution in [0.5, 0.6) is 0 Å². The Balaban J connectivity index is 2.25. The zero-order valence-electron chi connectivity index (χ0n) is 11.1. The van der Waals surface area contributed by atoms with E-state index in [0.717, 1.165) is 27.3 Å². The average molecular weight is 278 g/mol. The van der Waals surface area contributed by atoms with Crippen LogP contribution in [0.15, 0.2) is 36.4 Å². The molecule has 0 amide bonds. The van der Waals surface area contributed by atoms with E-state index < -0.39 is 0 Å². The minimum Gasteiger partial charge on any atom is -0.324 e. The summed E-state index contributed by atoms with van der Waals surface area (Å²) in [6, 6.07) is 10.3. The third kappa shape index (κ3) is 3.34. The molecule has 1 atom stereocenters. The van der Waals surface area contributed by atoms with Crippen molar-refractivity contribution >= 4 is 11.6 Å². The zero-order valence-corrected chi connectivity index (χ0v) is 11.8. The smallest absolute Gasteiger partial charge is 0.123 e. The highest BCUT2D eigenvalue weighted by Gasteiger charge is 2.12. The van der Waals surface area contributed by atoms with Crippen molar-refractivity contribution in [2.24, 2.45) is 5.73 Å². The Morgan fingerprint density at radius 2 is 1.89 bits per heavy atom. The predicted octanol–water partition coefficient (Wildman–Crippen LogP) is 4.34. The Morgan fingerprint density at radius 1 is 1.16 bits per heavy atom. The van der Waals surface area contributed by atoms with Crippen LogP contribution in [0.4, 0.5) is 4.39 Å². The van der Waals surface area contributed by atoms with Crippen molar-refractivity contribution in [1.29, 1.82) is 0 Å². The summed E-state index contributed by atoms with van der Waals surface area (Å²) in [5.41, 5.74) is 10.3. The van der Waals surface area contributed by atoms with Crippen molar-refractivity contribution < 1.29 is 4.39 Å². The van der Waals surface area contributed by atoms with E-state index >= 15 is 0 Å². The van der Waals surface area contributed by atoms with Crippen LogP contribution in [0.1, 0.15) is 28.3 Å². The molecule has 2 aromatic carbocycles. The number of nitrogens with two attached hydrogens (primary N) is 1. The molecular formula is C16H17ClFN. The van der Waals surface area contributed by atoms with E-state index in [2.05, 4.69) is 0 Å². The molecule has 0 aliphatic heterocycles. The summed E-state index contributed by atoms with van der Waals surface area (Å²) in [6.07, 6.45) is 0.611. The fourth-order valence-electron chi connectivity index (χ4n) is 2.23. The number of rotatable bonds is 3. The van der Waals surface area contributed by atoms with Gasteiger partial charge in [-0.3, -0.25) is 0 Å². The molecule has 0 aliphatic rings. The topological polar surface area (TPSA) is 26.0 Å². The van der Waals surface area contributed by atoms with Gasteiger partial charge in [0.15, 0.2) is 0 Å². The number of halogens is 2. The second-order valence-corrected chi connectivity index (χ2v) is 5.31. The fourth-order valence-corrected chi connectivity index (χ4v) is 2.45. The van der Waals surface area contributed by atoms with Gasteiger partial charge in [0.25, 0.3) is 0 Å². The summed E-state index contributed by atoms with van der Waals surface area (Å²) >= 11 is 6.08. The monoisotopic (exact) mass is 277 g/mol. The van der Waals surface area contributed by atoms with Gasteiger partial charge in [-0.1, -0.05) is 29.8 Å². The van der Waals surface area contributed by atoms with E-state index in [0.29, 0.717) is 6.42 Å². The van der Waals surface area contributed by atoms with E-state index in [1.807, 2.05) is 32.0 Å². The van der Waals surface area contributed by atoms with Gasteiger partial charge in [-0.05, 0) is 60.7 Å². The molecule has 1 nitrogen and oxygen atoms in total. The van der Waals surface area contributed by atoms with Crippen molar-refractivity contribution in [1.82, 2.24) is 0 Å². The summed E-state index contributed by atoms with van der Waals surface area (Å²) in [4.78, 5) is 0. The molecule has 3 heteroatoms. The number of hydrogen-bond donors (Lipinski definition) is 1. The Labute approximate surface area is 118 Å². The van der Waals surface area contributed by atoms with Crippen molar-refractivity contribution in [2.75, 3.05) is 0 Å². The van der Waals surface area contributed by atoms with Gasteiger partial charge in [0.05, 0.1) is 0 Å². The molecule has 0 aliphatic carbocycles. The van der Waals surface area contributed by atoms with Crippen molar-refractivity contribution in [3.8, 4) is 0 Å². The highest BCUT2D eigenvalue weighted by atomic mass is 35.5. The number of benzene rings is 2. The molecule has 2 rings (SSSR count). The van der Waals surface area contributed by atoms with Crippen molar-refractivity contribution in [2.45, 2.75) is 26.3 Å². The van der Waals surface area contributed by atoms with Gasteiger partial charge in [0.2, 0.25) is 0 Å². The van der Waals surface area contributed by atoms with Crippen molar-refractivity contribution in [3.05, 3.63) is 69.5 Å². The number of hydrogen-bond acceptors (Lipinski definition) is 1. The van der Waals surface area contributed by atoms with Crippen LogP contribution in [0, 0.1) is 19.7 Å². The van der Waals surface area contributed by atoms with Crippen LogP contribution in [-0.4, -0.2) is 0 Å². The fraction of sp³-hybridized carbons (Fsp3) is 0.250. The normalized spacial score (nSPS) is 12.5. The van der Waals surface area contributed by atoms with E-state index in [1.165, 1.54) is 12.1 Å². The van der Waals surface area contributed by atoms with E-state index in [4.69, 9.17) is 17.3 Å². The zero-order chi connectivity index (χ0) is 14.0. The molecule has 0 heterocycles. The summed E-state index contributed by atoms with van der Waals surface area (Å²) in [7, 11) is 0. The van der Waals surface area contributed by atoms with Crippen LogP contribution in [-0.2, 0) is 6.42 Å². The Bertz CT molecular complexity index is 595. The SMILES string of the molecule is Cc1cc(C(N)Cc2cccc(F)c2)c(C)cc1Cl. The van der Waals surface area contributed by atoms with Crippen LogP contribution >= 0.6 is 11.6 Å². The lowest BCUT2D eigenvalue weighted by Gasteiger charge is -2.16. The summed E-state index contributed by atoms with van der Waals surface area (Å²) in [5.74, 6) is -0.228. The third-order valence-corrected chi connectivity index (χ3v) is 3.70. The molecule has 0 radical (unpaired) electrons. The highest BCUT2D eigenvalue weighted by molar-refractivity contribution is 6.31. The first-order valence-corrected chi connectivity index (χ1v) is 6.62. The van der Waals surface area contributed by atoms with Gasteiger partial charge in [-0.25, -0.2) is 4.39 Å². The first kappa shape index (κ1) is 14.0. The molecule has 0 aromatic heterocycles. The Morgan fingerprint density at radius 3 is 2.58 bits per heavy atom. The molecule has 1 unspecified atom stereocenters. The molecule has 0 spiro atoms. The van der Waals surface area contributed by atoms with Gasteiger partial charge in [0, 0.05) is 11.1 Å². The second kappa shape index (κ2) is 5.72. The predicted molar refractivity (Wildman–Crippen MR) is 78.0 cm³/mol. The maximum atomic E-state index is 13.2. The highest BCUT2D eigenvalue weighted by Crippen LogP contribution is 2.26. The minimum atomic E-state index is -0.228. The van der Waals surface area contributed by atoms with E-state index in [-0.39, 0.29) is 11.9 Å². The van der Waals surface area contributed by atoms with Gasteiger partial charge < -0.3 is 5.73 Å². The van der Waals surface area contributed by atoms with Crippen LogP contribution < -0.4 is 5.73 Å². The largest absolute Gasteiger partial charge is 0.324 e. The van der Waals surface area contributed by atoms with Gasteiger partial charge in [-0.2, -0.15) is 0 Å². The first-order valence-electron chi connectivity index (χ1n) is 6.24. The maximum absolute atomic E-state index is 13.2. The molecule has 2 N–H and O–H groups in total. The van der Waals surface area contributed by atoms with Gasteiger partial charge >= 0.3 is 0 Å². The van der Waals surface area contributed by atoms with E-state index in [1.54, 1.807) is 6.07 Å². The Kier molecular flexibility index (Phi) is 4.23. The standard InChI is InChI=1S/C16H17ClFN/c1-10-7-15(17)11(2)6-14(10)16(19)9-12-4-3-5-13(18)8-12/h3-8,16H,9,19H2,1-2H3. The van der Waals surface area contributed by atoms with Crippen LogP contribution in [0.2, 0.25) is 5.02 Å². The molecule has 19 heavy (non-hydrogen) atoms. The van der Waals surface area contributed by atoms with Gasteiger partial charge in [0.1, 0.15) is 5.82 Å². The molecule has 0 saturated heterocycles. The maximum Gasteiger partial charge on any atom is 0.123 e. The molecule has 0 fully saturated rings. The molecule has 0 bridgehead atoms. The lowest BCUT2D eigenvalue weighted by molar-refractivity contribution is 0.622. The minimum absolute atomic E-state index is 0.155.